The molecule has 1 aromatic carbocycles. The molecule has 2 saturated heterocycles. The number of rotatable bonds is 7. The SMILES string of the molecule is Cc1cc(OC[C@@]2(CC(=O)N3CCOCC3)CN(C(=O)Cn3ccnc3)CCO2)ccc1Cl. The first kappa shape index (κ1) is 23.5. The highest BCUT2D eigenvalue weighted by molar-refractivity contribution is 6.31. The average molecular weight is 477 g/mol. The van der Waals surface area contributed by atoms with E-state index in [0.717, 1.165) is 5.56 Å². The van der Waals surface area contributed by atoms with Gasteiger partial charge in [-0.3, -0.25) is 9.59 Å². The number of hydrogen-bond donors (Lipinski definition) is 0. The number of nitrogens with zero attached hydrogens (tertiary/aromatic N) is 4. The molecule has 0 unspecified atom stereocenters. The van der Waals surface area contributed by atoms with E-state index in [4.69, 9.17) is 25.8 Å². The fourth-order valence-electron chi connectivity index (χ4n) is 4.06. The van der Waals surface area contributed by atoms with Crippen LogP contribution in [0.15, 0.2) is 36.9 Å². The third-order valence-electron chi connectivity index (χ3n) is 5.95. The van der Waals surface area contributed by atoms with E-state index in [1.807, 2.05) is 13.0 Å². The molecule has 0 bridgehead atoms. The second-order valence-electron chi connectivity index (χ2n) is 8.45. The first-order chi connectivity index (χ1) is 15.9. The number of amides is 2. The van der Waals surface area contributed by atoms with Gasteiger partial charge in [0, 0.05) is 37.1 Å². The van der Waals surface area contributed by atoms with Crippen LogP contribution >= 0.6 is 11.6 Å². The Balaban J connectivity index is 1.49. The number of morpholine rings is 2. The van der Waals surface area contributed by atoms with Gasteiger partial charge < -0.3 is 28.6 Å². The molecule has 1 atom stereocenters. The van der Waals surface area contributed by atoms with Crippen LogP contribution in [-0.4, -0.2) is 89.4 Å². The van der Waals surface area contributed by atoms with E-state index in [2.05, 4.69) is 4.98 Å². The van der Waals surface area contributed by atoms with Crippen molar-refractivity contribution in [3.05, 3.63) is 47.5 Å². The molecular weight excluding hydrogens is 448 g/mol. The normalized spacial score (nSPS) is 21.2. The molecule has 1 aromatic heterocycles. The Hall–Kier alpha value is -2.62. The Kier molecular flexibility index (Phi) is 7.52. The lowest BCUT2D eigenvalue weighted by Crippen LogP contribution is -2.59. The Labute approximate surface area is 198 Å². The summed E-state index contributed by atoms with van der Waals surface area (Å²) >= 11 is 6.13. The van der Waals surface area contributed by atoms with Gasteiger partial charge in [-0.15, -0.1) is 0 Å². The van der Waals surface area contributed by atoms with Crippen molar-refractivity contribution in [1.29, 1.82) is 0 Å². The number of hydrogen-bond acceptors (Lipinski definition) is 6. The first-order valence-electron chi connectivity index (χ1n) is 11.1. The van der Waals surface area contributed by atoms with Gasteiger partial charge in [-0.05, 0) is 30.7 Å². The van der Waals surface area contributed by atoms with Crippen LogP contribution in [0.4, 0.5) is 0 Å². The quantitative estimate of drug-likeness (QED) is 0.605. The van der Waals surface area contributed by atoms with Gasteiger partial charge >= 0.3 is 0 Å². The maximum absolute atomic E-state index is 13.1. The minimum absolute atomic E-state index is 0.0295. The largest absolute Gasteiger partial charge is 0.490 e. The predicted molar refractivity (Wildman–Crippen MR) is 121 cm³/mol. The third-order valence-corrected chi connectivity index (χ3v) is 6.37. The lowest BCUT2D eigenvalue weighted by Gasteiger charge is -2.43. The van der Waals surface area contributed by atoms with E-state index in [0.29, 0.717) is 50.2 Å². The van der Waals surface area contributed by atoms with Crippen LogP contribution in [0.1, 0.15) is 12.0 Å². The molecule has 2 fully saturated rings. The standard InChI is InChI=1S/C23H29ClN4O5/c1-18-12-19(2-3-20(18)24)32-16-23(13-21(29)27-6-9-31-10-7-27)15-28(8-11-33-23)22(30)14-26-5-4-25-17-26/h2-5,12,17H,6-11,13-16H2,1H3/t23-/m1/s1. The molecule has 2 aromatic rings. The maximum Gasteiger partial charge on any atom is 0.242 e. The van der Waals surface area contributed by atoms with E-state index in [-0.39, 0.29) is 37.9 Å². The predicted octanol–water partition coefficient (Wildman–Crippen LogP) is 1.77. The minimum Gasteiger partial charge on any atom is -0.490 e. The Morgan fingerprint density at radius 1 is 1.15 bits per heavy atom. The van der Waals surface area contributed by atoms with Crippen molar-refractivity contribution in [1.82, 2.24) is 19.4 Å². The molecule has 0 aliphatic carbocycles. The van der Waals surface area contributed by atoms with Crippen molar-refractivity contribution in [2.75, 3.05) is 52.6 Å². The van der Waals surface area contributed by atoms with Crippen molar-refractivity contribution in [3.8, 4) is 5.75 Å². The number of benzene rings is 1. The summed E-state index contributed by atoms with van der Waals surface area (Å²) < 4.78 is 19.3. The van der Waals surface area contributed by atoms with E-state index < -0.39 is 5.60 Å². The molecule has 0 radical (unpaired) electrons. The van der Waals surface area contributed by atoms with E-state index >= 15 is 0 Å². The number of ether oxygens (including phenoxy) is 3. The smallest absolute Gasteiger partial charge is 0.242 e. The monoisotopic (exact) mass is 476 g/mol. The molecule has 0 saturated carbocycles. The minimum atomic E-state index is -0.953. The zero-order valence-corrected chi connectivity index (χ0v) is 19.5. The van der Waals surface area contributed by atoms with Gasteiger partial charge in [-0.2, -0.15) is 0 Å². The van der Waals surface area contributed by atoms with Gasteiger partial charge in [-0.1, -0.05) is 11.6 Å². The molecular formula is C23H29ClN4O5. The summed E-state index contributed by atoms with van der Waals surface area (Å²) in [4.78, 5) is 33.6. The number of carbonyl (C=O) groups is 2. The highest BCUT2D eigenvalue weighted by Crippen LogP contribution is 2.27. The number of halogens is 1. The van der Waals surface area contributed by atoms with E-state index in [1.54, 1.807) is 45.2 Å². The molecule has 0 spiro atoms. The van der Waals surface area contributed by atoms with Crippen molar-refractivity contribution in [2.24, 2.45) is 0 Å². The zero-order chi connectivity index (χ0) is 23.3. The Bertz CT molecular complexity index is 964. The maximum atomic E-state index is 13.1. The van der Waals surface area contributed by atoms with Gasteiger partial charge in [0.15, 0.2) is 0 Å². The van der Waals surface area contributed by atoms with Crippen LogP contribution in [0.25, 0.3) is 0 Å². The third kappa shape index (κ3) is 6.04. The summed E-state index contributed by atoms with van der Waals surface area (Å²) in [5.41, 5.74) is -0.0551. The fraction of sp³-hybridized carbons (Fsp3) is 0.522. The van der Waals surface area contributed by atoms with Crippen LogP contribution in [0, 0.1) is 6.92 Å². The van der Waals surface area contributed by atoms with Gasteiger partial charge in [0.05, 0.1) is 39.1 Å². The molecule has 2 aliphatic rings. The van der Waals surface area contributed by atoms with E-state index in [1.165, 1.54) is 0 Å². The second-order valence-corrected chi connectivity index (χ2v) is 8.86. The summed E-state index contributed by atoms with van der Waals surface area (Å²) in [6.45, 7) is 5.43. The molecule has 178 valence electrons. The van der Waals surface area contributed by atoms with Crippen molar-refractivity contribution in [2.45, 2.75) is 25.5 Å². The Morgan fingerprint density at radius 3 is 2.67 bits per heavy atom. The summed E-state index contributed by atoms with van der Waals surface area (Å²) in [6, 6.07) is 5.42. The van der Waals surface area contributed by atoms with Crippen LogP contribution in [-0.2, 0) is 25.6 Å². The summed E-state index contributed by atoms with van der Waals surface area (Å²) in [5.74, 6) is 0.556. The summed E-state index contributed by atoms with van der Waals surface area (Å²) in [6.07, 6.45) is 5.12. The average Bonchev–Trinajstić information content (AvgIpc) is 3.34. The number of aromatic nitrogens is 2. The van der Waals surface area contributed by atoms with Gasteiger partial charge in [0.2, 0.25) is 11.8 Å². The highest BCUT2D eigenvalue weighted by Gasteiger charge is 2.42. The molecule has 2 amide bonds. The topological polar surface area (TPSA) is 86.1 Å². The lowest BCUT2D eigenvalue weighted by molar-refractivity contribution is -0.167. The Morgan fingerprint density at radius 2 is 1.94 bits per heavy atom. The van der Waals surface area contributed by atoms with E-state index in [9.17, 15) is 9.59 Å². The molecule has 10 heteroatoms. The molecule has 33 heavy (non-hydrogen) atoms. The second kappa shape index (κ2) is 10.5. The van der Waals surface area contributed by atoms with Crippen molar-refractivity contribution >= 4 is 23.4 Å². The summed E-state index contributed by atoms with van der Waals surface area (Å²) in [7, 11) is 0. The van der Waals surface area contributed by atoms with Gasteiger partial charge in [0.25, 0.3) is 0 Å². The number of carbonyl (C=O) groups excluding carboxylic acids is 2. The highest BCUT2D eigenvalue weighted by atomic mass is 35.5. The van der Waals surface area contributed by atoms with Crippen molar-refractivity contribution in [3.63, 3.8) is 0 Å². The molecule has 9 nitrogen and oxygen atoms in total. The molecule has 2 aliphatic heterocycles. The molecule has 3 heterocycles. The van der Waals surface area contributed by atoms with Crippen LogP contribution in [0.2, 0.25) is 5.02 Å². The van der Waals surface area contributed by atoms with Gasteiger partial charge in [-0.25, -0.2) is 4.98 Å². The van der Waals surface area contributed by atoms with Crippen LogP contribution < -0.4 is 4.74 Å². The summed E-state index contributed by atoms with van der Waals surface area (Å²) in [5, 5.41) is 0.657. The van der Waals surface area contributed by atoms with Gasteiger partial charge in [0.1, 0.15) is 24.5 Å². The molecule has 0 N–H and O–H groups in total. The van der Waals surface area contributed by atoms with Crippen LogP contribution in [0.5, 0.6) is 5.75 Å². The first-order valence-corrected chi connectivity index (χ1v) is 11.4. The van der Waals surface area contributed by atoms with Crippen LogP contribution in [0.3, 0.4) is 0 Å². The fourth-order valence-corrected chi connectivity index (χ4v) is 4.18. The molecule has 4 rings (SSSR count). The number of aryl methyl sites for hydroxylation is 1. The zero-order valence-electron chi connectivity index (χ0n) is 18.7. The number of imidazole rings is 1. The van der Waals surface area contributed by atoms with Crippen molar-refractivity contribution < 1.29 is 23.8 Å². The lowest BCUT2D eigenvalue weighted by atomic mass is 9.96.